The molecule has 3 heteroatoms. The topological polar surface area (TPSA) is 40.5 Å². The van der Waals surface area contributed by atoms with E-state index in [0.29, 0.717) is 6.54 Å². The number of carboxylic acids is 1. The molecule has 1 saturated carbocycles. The zero-order valence-corrected chi connectivity index (χ0v) is 10.6. The number of carbonyl (C=O) groups is 1. The van der Waals surface area contributed by atoms with E-state index in [1.165, 1.54) is 38.5 Å². The van der Waals surface area contributed by atoms with Gasteiger partial charge < -0.3 is 10.0 Å². The molecule has 0 saturated heterocycles. The predicted molar refractivity (Wildman–Crippen MR) is 65.5 cm³/mol. The molecule has 16 heavy (non-hydrogen) atoms. The van der Waals surface area contributed by atoms with E-state index in [2.05, 4.69) is 4.90 Å². The highest BCUT2D eigenvalue weighted by Gasteiger charge is 2.16. The quantitative estimate of drug-likeness (QED) is 0.758. The average Bonchev–Trinajstić information content (AvgIpc) is 2.27. The molecule has 1 rings (SSSR count). The Bertz CT molecular complexity index is 212. The van der Waals surface area contributed by atoms with Crippen molar-refractivity contribution >= 4 is 5.97 Å². The Hall–Kier alpha value is -0.570. The summed E-state index contributed by atoms with van der Waals surface area (Å²) in [7, 11) is 2.03. The van der Waals surface area contributed by atoms with Crippen LogP contribution >= 0.6 is 0 Å². The Kier molecular flexibility index (Phi) is 5.81. The molecule has 1 unspecified atom stereocenters. The minimum atomic E-state index is -0.690. The van der Waals surface area contributed by atoms with Gasteiger partial charge >= 0.3 is 5.97 Å². The summed E-state index contributed by atoms with van der Waals surface area (Å²) in [6.45, 7) is 3.49. The highest BCUT2D eigenvalue weighted by molar-refractivity contribution is 5.69. The summed E-state index contributed by atoms with van der Waals surface area (Å²) >= 11 is 0. The maximum atomic E-state index is 10.7. The lowest BCUT2D eigenvalue weighted by Gasteiger charge is -2.25. The van der Waals surface area contributed by atoms with E-state index in [9.17, 15) is 4.79 Å². The third-order valence-corrected chi connectivity index (χ3v) is 3.65. The normalized spacial score (nSPS) is 19.9. The van der Waals surface area contributed by atoms with E-state index < -0.39 is 5.97 Å². The lowest BCUT2D eigenvalue weighted by Crippen LogP contribution is -2.30. The van der Waals surface area contributed by atoms with E-state index >= 15 is 0 Å². The standard InChI is InChI=1S/C13H25NO2/c1-11(13(15)16)10-14(2)9-8-12-6-4-3-5-7-12/h11-12H,3-10H2,1-2H3,(H,15,16). The molecule has 0 aromatic heterocycles. The molecule has 1 N–H and O–H groups in total. The highest BCUT2D eigenvalue weighted by atomic mass is 16.4. The number of rotatable bonds is 6. The summed E-state index contributed by atoms with van der Waals surface area (Å²) in [4.78, 5) is 12.9. The van der Waals surface area contributed by atoms with Gasteiger partial charge in [-0.15, -0.1) is 0 Å². The fraction of sp³-hybridized carbons (Fsp3) is 0.923. The molecule has 0 radical (unpaired) electrons. The van der Waals surface area contributed by atoms with Crippen LogP contribution in [0.25, 0.3) is 0 Å². The van der Waals surface area contributed by atoms with E-state index in [1.807, 2.05) is 7.05 Å². The van der Waals surface area contributed by atoms with Gasteiger partial charge in [0.15, 0.2) is 0 Å². The molecule has 1 fully saturated rings. The van der Waals surface area contributed by atoms with Crippen molar-refractivity contribution in [2.24, 2.45) is 11.8 Å². The Balaban J connectivity index is 2.13. The SMILES string of the molecule is CC(CN(C)CCC1CCCCC1)C(=O)O. The van der Waals surface area contributed by atoms with Gasteiger partial charge in [-0.1, -0.05) is 39.0 Å². The van der Waals surface area contributed by atoms with Crippen LogP contribution in [0.2, 0.25) is 0 Å². The zero-order valence-electron chi connectivity index (χ0n) is 10.6. The van der Waals surface area contributed by atoms with Gasteiger partial charge in [0, 0.05) is 6.54 Å². The lowest BCUT2D eigenvalue weighted by molar-refractivity contribution is -0.141. The Morgan fingerprint density at radius 2 is 2.00 bits per heavy atom. The van der Waals surface area contributed by atoms with Gasteiger partial charge in [0.1, 0.15) is 0 Å². The maximum Gasteiger partial charge on any atom is 0.307 e. The molecule has 94 valence electrons. The molecule has 3 nitrogen and oxygen atoms in total. The number of nitrogens with zero attached hydrogens (tertiary/aromatic N) is 1. The van der Waals surface area contributed by atoms with Crippen LogP contribution in [0, 0.1) is 11.8 Å². The molecule has 0 heterocycles. The Morgan fingerprint density at radius 3 is 2.56 bits per heavy atom. The number of aliphatic carboxylic acids is 1. The summed E-state index contributed by atoms with van der Waals surface area (Å²) in [6, 6.07) is 0. The van der Waals surface area contributed by atoms with Crippen LogP contribution in [-0.2, 0) is 4.79 Å². The first-order valence-electron chi connectivity index (χ1n) is 6.51. The highest BCUT2D eigenvalue weighted by Crippen LogP contribution is 2.26. The molecule has 1 aliphatic rings. The molecule has 0 aromatic rings. The third kappa shape index (κ3) is 4.97. The zero-order chi connectivity index (χ0) is 12.0. The van der Waals surface area contributed by atoms with Crippen molar-refractivity contribution in [2.45, 2.75) is 45.4 Å². The Morgan fingerprint density at radius 1 is 1.38 bits per heavy atom. The van der Waals surface area contributed by atoms with Crippen LogP contribution in [-0.4, -0.2) is 36.1 Å². The van der Waals surface area contributed by atoms with Crippen LogP contribution < -0.4 is 0 Å². The fourth-order valence-corrected chi connectivity index (χ4v) is 2.52. The average molecular weight is 227 g/mol. The summed E-state index contributed by atoms with van der Waals surface area (Å²) in [6.07, 6.45) is 8.18. The first-order chi connectivity index (χ1) is 7.59. The monoisotopic (exact) mass is 227 g/mol. The molecular weight excluding hydrogens is 202 g/mol. The number of hydrogen-bond donors (Lipinski definition) is 1. The smallest absolute Gasteiger partial charge is 0.307 e. The van der Waals surface area contributed by atoms with Crippen LogP contribution in [0.3, 0.4) is 0 Å². The Labute approximate surface area is 98.8 Å². The van der Waals surface area contributed by atoms with Crippen LogP contribution in [0.4, 0.5) is 0 Å². The van der Waals surface area contributed by atoms with Gasteiger partial charge in [0.25, 0.3) is 0 Å². The lowest BCUT2D eigenvalue weighted by atomic mass is 9.87. The minimum absolute atomic E-state index is 0.253. The predicted octanol–water partition coefficient (Wildman–Crippen LogP) is 2.61. The molecule has 0 spiro atoms. The molecule has 1 aliphatic carbocycles. The molecule has 0 aromatic carbocycles. The molecule has 0 amide bonds. The summed E-state index contributed by atoms with van der Waals surface area (Å²) in [5, 5.41) is 8.82. The van der Waals surface area contributed by atoms with E-state index in [0.717, 1.165) is 12.5 Å². The van der Waals surface area contributed by atoms with Gasteiger partial charge in [-0.2, -0.15) is 0 Å². The number of hydrogen-bond acceptors (Lipinski definition) is 2. The first-order valence-corrected chi connectivity index (χ1v) is 6.51. The first kappa shape index (κ1) is 13.5. The molecular formula is C13H25NO2. The third-order valence-electron chi connectivity index (χ3n) is 3.65. The van der Waals surface area contributed by atoms with Gasteiger partial charge in [0.2, 0.25) is 0 Å². The summed E-state index contributed by atoms with van der Waals surface area (Å²) in [5.41, 5.74) is 0. The second-order valence-electron chi connectivity index (χ2n) is 5.29. The second-order valence-corrected chi connectivity index (χ2v) is 5.29. The van der Waals surface area contributed by atoms with Crippen LogP contribution in [0.1, 0.15) is 45.4 Å². The fourth-order valence-electron chi connectivity index (χ4n) is 2.52. The minimum Gasteiger partial charge on any atom is -0.481 e. The van der Waals surface area contributed by atoms with Gasteiger partial charge in [-0.3, -0.25) is 4.79 Å². The van der Waals surface area contributed by atoms with Crippen molar-refractivity contribution in [1.82, 2.24) is 4.90 Å². The van der Waals surface area contributed by atoms with Crippen molar-refractivity contribution < 1.29 is 9.90 Å². The van der Waals surface area contributed by atoms with E-state index in [-0.39, 0.29) is 5.92 Å². The largest absolute Gasteiger partial charge is 0.481 e. The maximum absolute atomic E-state index is 10.7. The van der Waals surface area contributed by atoms with Crippen molar-refractivity contribution in [1.29, 1.82) is 0 Å². The van der Waals surface area contributed by atoms with Crippen LogP contribution in [0.5, 0.6) is 0 Å². The van der Waals surface area contributed by atoms with Crippen LogP contribution in [0.15, 0.2) is 0 Å². The summed E-state index contributed by atoms with van der Waals surface area (Å²) < 4.78 is 0. The molecule has 0 bridgehead atoms. The van der Waals surface area contributed by atoms with Crippen molar-refractivity contribution in [3.8, 4) is 0 Å². The molecule has 1 atom stereocenters. The van der Waals surface area contributed by atoms with Crippen molar-refractivity contribution in [3.63, 3.8) is 0 Å². The second kappa shape index (κ2) is 6.89. The van der Waals surface area contributed by atoms with E-state index in [1.54, 1.807) is 6.92 Å². The van der Waals surface area contributed by atoms with E-state index in [4.69, 9.17) is 5.11 Å². The van der Waals surface area contributed by atoms with Gasteiger partial charge in [0.05, 0.1) is 5.92 Å². The van der Waals surface area contributed by atoms with Gasteiger partial charge in [-0.25, -0.2) is 0 Å². The summed E-state index contributed by atoms with van der Waals surface area (Å²) in [5.74, 6) is -0.0581. The molecule has 0 aliphatic heterocycles. The number of carboxylic acid groups (broad SMARTS) is 1. The van der Waals surface area contributed by atoms with Gasteiger partial charge in [-0.05, 0) is 25.9 Å². The van der Waals surface area contributed by atoms with Crippen molar-refractivity contribution in [3.05, 3.63) is 0 Å². The van der Waals surface area contributed by atoms with Crippen molar-refractivity contribution in [2.75, 3.05) is 20.1 Å².